The maximum Gasteiger partial charge on any atom is 0.237 e. The van der Waals surface area contributed by atoms with Gasteiger partial charge in [-0.3, -0.25) is 9.69 Å². The second kappa shape index (κ2) is 7.15. The van der Waals surface area contributed by atoms with Gasteiger partial charge in [0.25, 0.3) is 0 Å². The number of nitrogens with two attached hydrogens (primary N) is 1. The Morgan fingerprint density at radius 2 is 2.08 bits per heavy atom. The van der Waals surface area contributed by atoms with Crippen LogP contribution in [0.2, 0.25) is 0 Å². The zero-order valence-corrected chi connectivity index (χ0v) is 14.0. The van der Waals surface area contributed by atoms with E-state index in [-0.39, 0.29) is 30.0 Å². The molecule has 4 atom stereocenters. The van der Waals surface area contributed by atoms with Crippen molar-refractivity contribution in [2.24, 2.45) is 5.73 Å². The Morgan fingerprint density at radius 3 is 2.83 bits per heavy atom. The predicted octanol–water partition coefficient (Wildman–Crippen LogP) is 2.14. The van der Waals surface area contributed by atoms with E-state index in [0.29, 0.717) is 24.9 Å². The summed E-state index contributed by atoms with van der Waals surface area (Å²) in [5.74, 6) is -0.941. The molecule has 2 fully saturated rings. The van der Waals surface area contributed by atoms with Crippen LogP contribution in [0.25, 0.3) is 0 Å². The van der Waals surface area contributed by atoms with Crippen molar-refractivity contribution in [3.8, 4) is 0 Å². The number of nitrogens with one attached hydrogen (secondary N) is 1. The summed E-state index contributed by atoms with van der Waals surface area (Å²) in [6.45, 7) is 3.48. The molecular formula is C18H25F2N3O. The number of hydrogen-bond acceptors (Lipinski definition) is 3. The van der Waals surface area contributed by atoms with Gasteiger partial charge in [0.1, 0.15) is 11.6 Å². The fourth-order valence-electron chi connectivity index (χ4n) is 4.13. The molecule has 6 heteroatoms. The summed E-state index contributed by atoms with van der Waals surface area (Å²) >= 11 is 0. The van der Waals surface area contributed by atoms with Gasteiger partial charge in [-0.05, 0) is 56.4 Å². The van der Waals surface area contributed by atoms with Crippen molar-refractivity contribution in [2.45, 2.75) is 56.7 Å². The van der Waals surface area contributed by atoms with Crippen LogP contribution >= 0.6 is 0 Å². The van der Waals surface area contributed by atoms with Crippen LogP contribution in [0.1, 0.15) is 44.1 Å². The largest absolute Gasteiger partial charge is 0.355 e. The third kappa shape index (κ3) is 3.44. The molecule has 2 aliphatic rings. The average Bonchev–Trinajstić information content (AvgIpc) is 2.72. The van der Waals surface area contributed by atoms with Crippen LogP contribution in [-0.2, 0) is 4.79 Å². The molecule has 1 amide bonds. The van der Waals surface area contributed by atoms with Crippen molar-refractivity contribution in [1.29, 1.82) is 0 Å². The lowest BCUT2D eigenvalue weighted by molar-refractivity contribution is -0.126. The van der Waals surface area contributed by atoms with E-state index in [1.54, 1.807) is 0 Å². The molecule has 1 saturated heterocycles. The molecule has 24 heavy (non-hydrogen) atoms. The first-order chi connectivity index (χ1) is 11.5. The van der Waals surface area contributed by atoms with E-state index in [2.05, 4.69) is 10.2 Å². The lowest BCUT2D eigenvalue weighted by Gasteiger charge is -2.41. The molecule has 0 radical (unpaired) electrons. The summed E-state index contributed by atoms with van der Waals surface area (Å²) in [4.78, 5) is 14.3. The standard InChI is InChI=1S/C18H25F2N3O/c1-11-18(24)22-7-2-8-23(11)13-4-5-14(17(21)10-13)15-9-12(19)3-6-16(15)20/h3,6,9,11,13-14,17H,2,4-5,7-8,10,21H2,1H3,(H,22,24)/t11-,13-,14-,17?/m1/s1. The smallest absolute Gasteiger partial charge is 0.237 e. The topological polar surface area (TPSA) is 58.4 Å². The highest BCUT2D eigenvalue weighted by atomic mass is 19.1. The first-order valence-corrected chi connectivity index (χ1v) is 8.71. The van der Waals surface area contributed by atoms with E-state index in [1.165, 1.54) is 12.1 Å². The minimum Gasteiger partial charge on any atom is -0.355 e. The Kier molecular flexibility index (Phi) is 5.15. The van der Waals surface area contributed by atoms with E-state index in [9.17, 15) is 13.6 Å². The lowest BCUT2D eigenvalue weighted by atomic mass is 9.77. The molecule has 1 unspecified atom stereocenters. The fraction of sp³-hybridized carbons (Fsp3) is 0.611. The van der Waals surface area contributed by atoms with Gasteiger partial charge in [0.15, 0.2) is 0 Å². The summed E-state index contributed by atoms with van der Waals surface area (Å²) in [7, 11) is 0. The molecule has 132 valence electrons. The molecule has 1 aromatic carbocycles. The maximum absolute atomic E-state index is 14.1. The zero-order valence-electron chi connectivity index (χ0n) is 14.0. The lowest BCUT2D eigenvalue weighted by Crippen LogP contribution is -2.51. The minimum atomic E-state index is -0.432. The number of benzene rings is 1. The summed E-state index contributed by atoms with van der Waals surface area (Å²) in [5.41, 5.74) is 6.71. The predicted molar refractivity (Wildman–Crippen MR) is 88.5 cm³/mol. The van der Waals surface area contributed by atoms with Crippen molar-refractivity contribution in [2.75, 3.05) is 13.1 Å². The quantitative estimate of drug-likeness (QED) is 0.869. The fourth-order valence-corrected chi connectivity index (χ4v) is 4.13. The van der Waals surface area contributed by atoms with Crippen molar-refractivity contribution >= 4 is 5.91 Å². The highest BCUT2D eigenvalue weighted by molar-refractivity contribution is 5.81. The molecule has 0 aromatic heterocycles. The molecule has 1 aromatic rings. The van der Waals surface area contributed by atoms with E-state index in [1.807, 2.05) is 6.92 Å². The van der Waals surface area contributed by atoms with Gasteiger partial charge in [-0.15, -0.1) is 0 Å². The Hall–Kier alpha value is -1.53. The summed E-state index contributed by atoms with van der Waals surface area (Å²) in [5, 5.41) is 2.92. The molecule has 3 rings (SSSR count). The van der Waals surface area contributed by atoms with E-state index >= 15 is 0 Å². The van der Waals surface area contributed by atoms with Gasteiger partial charge in [-0.25, -0.2) is 8.78 Å². The summed E-state index contributed by atoms with van der Waals surface area (Å²) in [6.07, 6.45) is 3.16. The van der Waals surface area contributed by atoms with E-state index in [0.717, 1.165) is 25.5 Å². The van der Waals surface area contributed by atoms with Gasteiger partial charge in [0.2, 0.25) is 5.91 Å². The van der Waals surface area contributed by atoms with Crippen LogP contribution in [0.4, 0.5) is 8.78 Å². The normalized spacial score (nSPS) is 32.2. The van der Waals surface area contributed by atoms with Crippen molar-refractivity contribution in [3.63, 3.8) is 0 Å². The molecule has 0 bridgehead atoms. The molecule has 3 N–H and O–H groups in total. The van der Waals surface area contributed by atoms with Crippen LogP contribution in [0.3, 0.4) is 0 Å². The van der Waals surface area contributed by atoms with E-state index in [4.69, 9.17) is 5.73 Å². The van der Waals surface area contributed by atoms with Crippen LogP contribution in [0, 0.1) is 11.6 Å². The molecule has 1 aliphatic heterocycles. The summed E-state index contributed by atoms with van der Waals surface area (Å²) < 4.78 is 27.5. The van der Waals surface area contributed by atoms with Crippen LogP contribution in [0.5, 0.6) is 0 Å². The molecule has 1 heterocycles. The third-order valence-electron chi connectivity index (χ3n) is 5.47. The Labute approximate surface area is 141 Å². The van der Waals surface area contributed by atoms with Gasteiger partial charge in [0.05, 0.1) is 6.04 Å². The van der Waals surface area contributed by atoms with E-state index < -0.39 is 11.6 Å². The number of amides is 1. The Morgan fingerprint density at radius 1 is 1.29 bits per heavy atom. The Balaban J connectivity index is 1.73. The molecule has 1 saturated carbocycles. The van der Waals surface area contributed by atoms with Crippen LogP contribution in [-0.4, -0.2) is 42.0 Å². The average molecular weight is 337 g/mol. The maximum atomic E-state index is 14.1. The van der Waals surface area contributed by atoms with Gasteiger partial charge in [0, 0.05) is 31.1 Å². The monoisotopic (exact) mass is 337 g/mol. The van der Waals surface area contributed by atoms with Gasteiger partial charge in [-0.1, -0.05) is 0 Å². The van der Waals surface area contributed by atoms with Crippen LogP contribution < -0.4 is 11.1 Å². The molecule has 4 nitrogen and oxygen atoms in total. The highest BCUT2D eigenvalue weighted by Crippen LogP contribution is 2.36. The molecule has 1 aliphatic carbocycles. The van der Waals surface area contributed by atoms with Gasteiger partial charge < -0.3 is 11.1 Å². The number of carbonyl (C=O) groups excluding carboxylic acids is 1. The van der Waals surface area contributed by atoms with Gasteiger partial charge in [-0.2, -0.15) is 0 Å². The summed E-state index contributed by atoms with van der Waals surface area (Å²) in [6, 6.07) is 3.37. The third-order valence-corrected chi connectivity index (χ3v) is 5.47. The SMILES string of the molecule is C[C@@H]1C(=O)NCCCN1[C@@H]1CC[C@H](c2cc(F)ccc2F)C(N)C1. The first-order valence-electron chi connectivity index (χ1n) is 8.71. The van der Waals surface area contributed by atoms with Gasteiger partial charge >= 0.3 is 0 Å². The first kappa shape index (κ1) is 17.3. The molecular weight excluding hydrogens is 312 g/mol. The molecule has 0 spiro atoms. The van der Waals surface area contributed by atoms with Crippen molar-refractivity contribution in [3.05, 3.63) is 35.4 Å². The number of nitrogens with zero attached hydrogens (tertiary/aromatic N) is 1. The zero-order chi connectivity index (χ0) is 17.3. The number of carbonyl (C=O) groups is 1. The van der Waals surface area contributed by atoms with Crippen molar-refractivity contribution < 1.29 is 13.6 Å². The second-order valence-corrected chi connectivity index (χ2v) is 6.96. The van der Waals surface area contributed by atoms with Crippen LogP contribution in [0.15, 0.2) is 18.2 Å². The highest BCUT2D eigenvalue weighted by Gasteiger charge is 2.36. The number of hydrogen-bond donors (Lipinski definition) is 2. The minimum absolute atomic E-state index is 0.0550. The number of halogens is 2. The second-order valence-electron chi connectivity index (χ2n) is 6.96. The van der Waals surface area contributed by atoms with Crippen molar-refractivity contribution in [1.82, 2.24) is 10.2 Å². The number of rotatable bonds is 2. The Bertz CT molecular complexity index is 610.